The van der Waals surface area contributed by atoms with Crippen LogP contribution in [0.25, 0.3) is 0 Å². The number of nitrogens with two attached hydrogens (primary N) is 1. The van der Waals surface area contributed by atoms with Crippen LogP contribution in [0.15, 0.2) is 12.1 Å². The monoisotopic (exact) mass is 294 g/mol. The van der Waals surface area contributed by atoms with E-state index < -0.39 is 5.54 Å². The molecule has 0 aromatic heterocycles. The average Bonchev–Trinajstić information content (AvgIpc) is 2.77. The van der Waals surface area contributed by atoms with Crippen molar-refractivity contribution in [3.8, 4) is 11.5 Å². The van der Waals surface area contributed by atoms with Crippen molar-refractivity contribution in [3.63, 3.8) is 0 Å². The van der Waals surface area contributed by atoms with Crippen molar-refractivity contribution >= 4 is 11.6 Å². The number of methoxy groups -OCH3 is 2. The first-order chi connectivity index (χ1) is 9.91. The molecule has 6 heteroatoms. The van der Waals surface area contributed by atoms with Gasteiger partial charge in [0, 0.05) is 18.4 Å². The molecule has 0 bridgehead atoms. The zero-order chi connectivity index (χ0) is 15.6. The molecule has 0 aliphatic carbocycles. The van der Waals surface area contributed by atoms with Crippen LogP contribution < -0.4 is 20.5 Å². The minimum absolute atomic E-state index is 0.0391. The number of nitrogen functional groups attached to an aromatic ring is 1. The van der Waals surface area contributed by atoms with E-state index in [1.54, 1.807) is 12.1 Å². The van der Waals surface area contributed by atoms with Gasteiger partial charge >= 0.3 is 0 Å². The van der Waals surface area contributed by atoms with Crippen molar-refractivity contribution in [2.45, 2.75) is 31.9 Å². The first kappa shape index (κ1) is 15.4. The van der Waals surface area contributed by atoms with Gasteiger partial charge in [-0.1, -0.05) is 0 Å². The Labute approximate surface area is 124 Å². The van der Waals surface area contributed by atoms with Crippen LogP contribution in [-0.4, -0.2) is 38.4 Å². The third-order valence-electron chi connectivity index (χ3n) is 4.09. The molecule has 2 rings (SSSR count). The highest BCUT2D eigenvalue weighted by Crippen LogP contribution is 2.33. The Morgan fingerprint density at radius 2 is 2.00 bits per heavy atom. The number of ether oxygens (including phenoxy) is 3. The largest absolute Gasteiger partial charge is 0.493 e. The van der Waals surface area contributed by atoms with E-state index in [-0.39, 0.29) is 12.0 Å². The Balaban J connectivity index is 2.27. The fourth-order valence-corrected chi connectivity index (χ4v) is 2.42. The SMILES string of the molecule is COc1cc(N)c(C(=O)NC2(C)CCOC2C)cc1OC. The van der Waals surface area contributed by atoms with Gasteiger partial charge in [0.25, 0.3) is 5.91 Å². The van der Waals surface area contributed by atoms with Gasteiger partial charge in [-0.05, 0) is 26.3 Å². The van der Waals surface area contributed by atoms with Gasteiger partial charge in [0.2, 0.25) is 0 Å². The number of carbonyl (C=O) groups is 1. The maximum absolute atomic E-state index is 12.5. The maximum Gasteiger partial charge on any atom is 0.254 e. The highest BCUT2D eigenvalue weighted by Gasteiger charge is 2.38. The van der Waals surface area contributed by atoms with Gasteiger partial charge < -0.3 is 25.3 Å². The van der Waals surface area contributed by atoms with Crippen molar-refractivity contribution < 1.29 is 19.0 Å². The fourth-order valence-electron chi connectivity index (χ4n) is 2.42. The van der Waals surface area contributed by atoms with E-state index in [2.05, 4.69) is 5.32 Å². The molecule has 3 N–H and O–H groups in total. The first-order valence-electron chi connectivity index (χ1n) is 6.87. The van der Waals surface area contributed by atoms with Crippen LogP contribution >= 0.6 is 0 Å². The van der Waals surface area contributed by atoms with E-state index in [0.29, 0.717) is 29.4 Å². The van der Waals surface area contributed by atoms with Crippen LogP contribution in [0.4, 0.5) is 5.69 Å². The van der Waals surface area contributed by atoms with Gasteiger partial charge in [0.1, 0.15) is 0 Å². The topological polar surface area (TPSA) is 82.8 Å². The molecular weight excluding hydrogens is 272 g/mol. The summed E-state index contributed by atoms with van der Waals surface area (Å²) in [6.07, 6.45) is 0.732. The van der Waals surface area contributed by atoms with Crippen molar-refractivity contribution in [2.24, 2.45) is 0 Å². The molecule has 0 spiro atoms. The number of carbonyl (C=O) groups excluding carboxylic acids is 1. The second-order valence-corrected chi connectivity index (χ2v) is 5.43. The van der Waals surface area contributed by atoms with Gasteiger partial charge in [-0.15, -0.1) is 0 Å². The predicted molar refractivity (Wildman–Crippen MR) is 79.9 cm³/mol. The van der Waals surface area contributed by atoms with Gasteiger partial charge in [-0.25, -0.2) is 0 Å². The van der Waals surface area contributed by atoms with Gasteiger partial charge in [-0.2, -0.15) is 0 Å². The van der Waals surface area contributed by atoms with Gasteiger partial charge in [-0.3, -0.25) is 4.79 Å². The van der Waals surface area contributed by atoms with Crippen LogP contribution in [0.1, 0.15) is 30.6 Å². The lowest BCUT2D eigenvalue weighted by molar-refractivity contribution is 0.0728. The standard InChI is InChI=1S/C15H22N2O4/c1-9-15(2,5-6-21-9)17-14(18)10-7-12(19-3)13(20-4)8-11(10)16/h7-9H,5-6,16H2,1-4H3,(H,17,18). The van der Waals surface area contributed by atoms with Crippen molar-refractivity contribution in [1.29, 1.82) is 0 Å². The molecule has 0 saturated carbocycles. The van der Waals surface area contributed by atoms with Crippen LogP contribution in [0, 0.1) is 0 Å². The lowest BCUT2D eigenvalue weighted by Crippen LogP contribution is -2.50. The molecule has 116 valence electrons. The summed E-state index contributed by atoms with van der Waals surface area (Å²) in [6.45, 7) is 4.56. The molecule has 6 nitrogen and oxygen atoms in total. The summed E-state index contributed by atoms with van der Waals surface area (Å²) in [5, 5.41) is 3.01. The Hall–Kier alpha value is -1.95. The minimum Gasteiger partial charge on any atom is -0.493 e. The number of nitrogens with one attached hydrogen (secondary N) is 1. The zero-order valence-corrected chi connectivity index (χ0v) is 12.9. The second-order valence-electron chi connectivity index (χ2n) is 5.43. The summed E-state index contributed by atoms with van der Waals surface area (Å²) >= 11 is 0. The Morgan fingerprint density at radius 1 is 1.38 bits per heavy atom. The summed E-state index contributed by atoms with van der Waals surface area (Å²) < 4.78 is 15.9. The number of hydrogen-bond donors (Lipinski definition) is 2. The quantitative estimate of drug-likeness (QED) is 0.824. The number of benzene rings is 1. The van der Waals surface area contributed by atoms with Crippen molar-refractivity contribution in [3.05, 3.63) is 17.7 Å². The van der Waals surface area contributed by atoms with Gasteiger partial charge in [0.05, 0.1) is 31.4 Å². The molecule has 1 aliphatic rings. The van der Waals surface area contributed by atoms with Crippen molar-refractivity contribution in [1.82, 2.24) is 5.32 Å². The number of anilines is 1. The minimum atomic E-state index is -0.392. The highest BCUT2D eigenvalue weighted by molar-refractivity contribution is 6.00. The Morgan fingerprint density at radius 3 is 2.52 bits per heavy atom. The molecule has 1 heterocycles. The lowest BCUT2D eigenvalue weighted by atomic mass is 9.94. The molecule has 1 aromatic carbocycles. The molecule has 2 atom stereocenters. The van der Waals surface area contributed by atoms with Crippen LogP contribution in [-0.2, 0) is 4.74 Å². The molecule has 1 aliphatic heterocycles. The normalized spacial score (nSPS) is 24.7. The molecular formula is C15H22N2O4. The van der Waals surface area contributed by atoms with E-state index in [0.717, 1.165) is 6.42 Å². The lowest BCUT2D eigenvalue weighted by Gasteiger charge is -2.29. The summed E-state index contributed by atoms with van der Waals surface area (Å²) in [4.78, 5) is 12.5. The third kappa shape index (κ3) is 2.90. The summed E-state index contributed by atoms with van der Waals surface area (Å²) in [6, 6.07) is 3.18. The molecule has 0 radical (unpaired) electrons. The summed E-state index contributed by atoms with van der Waals surface area (Å²) in [5.74, 6) is 0.723. The second kappa shape index (κ2) is 5.81. The van der Waals surface area contributed by atoms with Crippen LogP contribution in [0.5, 0.6) is 11.5 Å². The van der Waals surface area contributed by atoms with Crippen molar-refractivity contribution in [2.75, 3.05) is 26.6 Å². The summed E-state index contributed by atoms with van der Waals surface area (Å²) in [5.41, 5.74) is 6.27. The van der Waals surface area contributed by atoms with E-state index in [1.165, 1.54) is 14.2 Å². The smallest absolute Gasteiger partial charge is 0.254 e. The molecule has 21 heavy (non-hydrogen) atoms. The molecule has 2 unspecified atom stereocenters. The maximum atomic E-state index is 12.5. The number of rotatable bonds is 4. The third-order valence-corrected chi connectivity index (χ3v) is 4.09. The van der Waals surface area contributed by atoms with Crippen LogP contribution in [0.2, 0.25) is 0 Å². The predicted octanol–water partition coefficient (Wildman–Crippen LogP) is 1.58. The highest BCUT2D eigenvalue weighted by atomic mass is 16.5. The Bertz CT molecular complexity index is 547. The molecule has 1 aromatic rings. The number of amides is 1. The number of hydrogen-bond acceptors (Lipinski definition) is 5. The van der Waals surface area contributed by atoms with Gasteiger partial charge in [0.15, 0.2) is 11.5 Å². The summed E-state index contributed by atoms with van der Waals surface area (Å²) in [7, 11) is 3.04. The van der Waals surface area contributed by atoms with E-state index in [1.807, 2.05) is 13.8 Å². The molecule has 1 amide bonds. The zero-order valence-electron chi connectivity index (χ0n) is 12.9. The first-order valence-corrected chi connectivity index (χ1v) is 6.87. The van der Waals surface area contributed by atoms with Crippen LogP contribution in [0.3, 0.4) is 0 Å². The van der Waals surface area contributed by atoms with E-state index in [4.69, 9.17) is 19.9 Å². The molecule has 1 fully saturated rings. The molecule has 1 saturated heterocycles. The fraction of sp³-hybridized carbons (Fsp3) is 0.533. The average molecular weight is 294 g/mol. The van der Waals surface area contributed by atoms with E-state index >= 15 is 0 Å². The van der Waals surface area contributed by atoms with E-state index in [9.17, 15) is 4.79 Å². The Kier molecular flexibility index (Phi) is 4.27.